The van der Waals surface area contributed by atoms with E-state index in [1.807, 2.05) is 0 Å². The van der Waals surface area contributed by atoms with E-state index >= 15 is 0 Å². The Kier molecular flexibility index (Phi) is 22.0. The van der Waals surface area contributed by atoms with Crippen molar-refractivity contribution in [2.75, 3.05) is 0 Å². The molecule has 7 nitrogen and oxygen atoms in total. The number of rotatable bonds is 28. The summed E-state index contributed by atoms with van der Waals surface area (Å²) in [5, 5.41) is 9.97. The average Bonchev–Trinajstić information content (AvgIpc) is 2.85. The summed E-state index contributed by atoms with van der Waals surface area (Å²) in [6, 6.07) is 0. The minimum absolute atomic E-state index is 0.0521. The van der Waals surface area contributed by atoms with Gasteiger partial charge in [0, 0.05) is 0 Å². The fraction of sp³-hybridized carbons (Fsp3) is 0.933. The van der Waals surface area contributed by atoms with Gasteiger partial charge in [-0.3, -0.25) is 14.1 Å². The lowest BCUT2D eigenvalue weighted by atomic mass is 9.82. The third-order valence-electron chi connectivity index (χ3n) is 7.98. The van der Waals surface area contributed by atoms with Gasteiger partial charge in [0.1, 0.15) is 0 Å². The van der Waals surface area contributed by atoms with Crippen LogP contribution in [-0.4, -0.2) is 34.7 Å². The van der Waals surface area contributed by atoms with Crippen molar-refractivity contribution in [3.05, 3.63) is 0 Å². The van der Waals surface area contributed by atoms with Crippen molar-refractivity contribution in [3.63, 3.8) is 0 Å². The van der Waals surface area contributed by atoms with E-state index in [1.165, 1.54) is 77.0 Å². The molecule has 4 N–H and O–H groups in total. The fourth-order valence-corrected chi connectivity index (χ4v) is 6.74. The summed E-state index contributed by atoms with van der Waals surface area (Å²) >= 11 is 0. The van der Waals surface area contributed by atoms with E-state index < -0.39 is 32.7 Å². The number of unbranched alkanes of at least 4 members (excludes halogenated alkanes) is 20. The van der Waals surface area contributed by atoms with Crippen molar-refractivity contribution < 1.29 is 27.7 Å². The summed E-state index contributed by atoms with van der Waals surface area (Å²) in [5.41, 5.74) is 5.54. The highest BCUT2D eigenvalue weighted by Gasteiger charge is 2.57. The van der Waals surface area contributed by atoms with E-state index in [9.17, 15) is 27.7 Å². The molecule has 0 spiro atoms. The number of primary amides is 1. The minimum atomic E-state index is -5.05. The van der Waals surface area contributed by atoms with E-state index in [1.54, 1.807) is 0 Å². The van der Waals surface area contributed by atoms with Crippen LogP contribution in [0.5, 0.6) is 0 Å². The van der Waals surface area contributed by atoms with Gasteiger partial charge >= 0.3 is 5.97 Å². The largest absolute Gasteiger partial charge is 0.480 e. The van der Waals surface area contributed by atoms with Gasteiger partial charge in [0.05, 0.1) is 5.92 Å². The monoisotopic (exact) mass is 561 g/mol. The molecule has 1 amide bonds. The molecule has 0 aliphatic rings. The van der Waals surface area contributed by atoms with Gasteiger partial charge < -0.3 is 10.8 Å². The van der Waals surface area contributed by atoms with Crippen LogP contribution < -0.4 is 5.73 Å². The first kappa shape index (κ1) is 36.8. The molecular weight excluding hydrogens is 502 g/mol. The third-order valence-corrected chi connectivity index (χ3v) is 9.56. The van der Waals surface area contributed by atoms with Crippen molar-refractivity contribution in [2.45, 2.75) is 173 Å². The maximum Gasteiger partial charge on any atom is 0.328 e. The van der Waals surface area contributed by atoms with Crippen LogP contribution in [0.25, 0.3) is 0 Å². The maximum absolute atomic E-state index is 12.4. The smallest absolute Gasteiger partial charge is 0.328 e. The molecule has 0 fully saturated rings. The van der Waals surface area contributed by atoms with E-state index in [0.29, 0.717) is 19.3 Å². The van der Waals surface area contributed by atoms with Crippen molar-refractivity contribution in [1.82, 2.24) is 0 Å². The normalized spacial score (nSPS) is 14.3. The molecule has 2 atom stereocenters. The van der Waals surface area contributed by atoms with Crippen LogP contribution in [0.1, 0.15) is 168 Å². The Bertz CT molecular complexity index is 712. The first-order valence-corrected chi connectivity index (χ1v) is 17.1. The maximum atomic E-state index is 12.4. The van der Waals surface area contributed by atoms with E-state index in [2.05, 4.69) is 13.8 Å². The molecule has 0 aromatic rings. The lowest BCUT2D eigenvalue weighted by molar-refractivity contribution is -0.145. The molecule has 0 aliphatic carbocycles. The molecular formula is C30H59NO6S. The molecule has 2 unspecified atom stereocenters. The highest BCUT2D eigenvalue weighted by molar-refractivity contribution is 7.88. The zero-order valence-electron chi connectivity index (χ0n) is 24.6. The summed E-state index contributed by atoms with van der Waals surface area (Å²) in [5.74, 6) is -4.10. The second kappa shape index (κ2) is 22.6. The van der Waals surface area contributed by atoms with E-state index in [4.69, 9.17) is 5.73 Å². The Morgan fingerprint density at radius 1 is 0.632 bits per heavy atom. The highest BCUT2D eigenvalue weighted by atomic mass is 32.2. The first-order chi connectivity index (χ1) is 18.1. The summed E-state index contributed by atoms with van der Waals surface area (Å²) in [6.45, 7) is 4.41. The summed E-state index contributed by atoms with van der Waals surface area (Å²) in [4.78, 5) is 24.6. The molecule has 8 heteroatoms. The number of hydrogen-bond donors (Lipinski definition) is 3. The van der Waals surface area contributed by atoms with Gasteiger partial charge in [0.2, 0.25) is 10.7 Å². The zero-order valence-corrected chi connectivity index (χ0v) is 25.4. The van der Waals surface area contributed by atoms with Crippen LogP contribution >= 0.6 is 0 Å². The number of nitrogens with two attached hydrogens (primary N) is 1. The van der Waals surface area contributed by atoms with Crippen LogP contribution in [-0.2, 0) is 19.7 Å². The highest BCUT2D eigenvalue weighted by Crippen LogP contribution is 2.36. The molecule has 0 aromatic heterocycles. The molecule has 0 rings (SSSR count). The van der Waals surface area contributed by atoms with E-state index in [0.717, 1.165) is 44.9 Å². The molecule has 0 bridgehead atoms. The lowest BCUT2D eigenvalue weighted by Crippen LogP contribution is -2.56. The number of carbonyl (C=O) groups is 2. The van der Waals surface area contributed by atoms with Gasteiger partial charge in [-0.05, 0) is 12.8 Å². The predicted molar refractivity (Wildman–Crippen MR) is 157 cm³/mol. The summed E-state index contributed by atoms with van der Waals surface area (Å²) in [7, 11) is -5.05. The third kappa shape index (κ3) is 15.4. The van der Waals surface area contributed by atoms with Gasteiger partial charge in [0.25, 0.3) is 10.1 Å². The van der Waals surface area contributed by atoms with E-state index in [-0.39, 0.29) is 12.8 Å². The van der Waals surface area contributed by atoms with Crippen molar-refractivity contribution in [3.8, 4) is 0 Å². The molecule has 226 valence electrons. The van der Waals surface area contributed by atoms with Crippen LogP contribution in [0.4, 0.5) is 0 Å². The molecule has 0 saturated heterocycles. The summed E-state index contributed by atoms with van der Waals surface area (Å²) in [6.07, 6.45) is 23.2. The Balaban J connectivity index is 4.65. The number of hydrogen-bond acceptors (Lipinski definition) is 4. The quantitative estimate of drug-likeness (QED) is 0.0650. The molecule has 0 aliphatic heterocycles. The Labute approximate surface area is 233 Å². The molecule has 0 aromatic carbocycles. The van der Waals surface area contributed by atoms with Crippen LogP contribution in [0, 0.1) is 5.92 Å². The lowest BCUT2D eigenvalue weighted by Gasteiger charge is -2.32. The van der Waals surface area contributed by atoms with Crippen LogP contribution in [0.15, 0.2) is 0 Å². The Morgan fingerprint density at radius 2 is 0.947 bits per heavy atom. The molecule has 38 heavy (non-hydrogen) atoms. The number of carbonyl (C=O) groups excluding carboxylic acids is 1. The molecule has 0 saturated carbocycles. The fourth-order valence-electron chi connectivity index (χ4n) is 5.52. The van der Waals surface area contributed by atoms with Crippen molar-refractivity contribution in [2.24, 2.45) is 11.7 Å². The summed E-state index contributed by atoms with van der Waals surface area (Å²) < 4.78 is 32.3. The predicted octanol–water partition coefficient (Wildman–Crippen LogP) is 8.20. The van der Waals surface area contributed by atoms with Gasteiger partial charge in [-0.15, -0.1) is 0 Å². The van der Waals surface area contributed by atoms with Gasteiger partial charge in [-0.25, -0.2) is 0 Å². The Hall–Kier alpha value is -1.15. The van der Waals surface area contributed by atoms with Crippen LogP contribution in [0.3, 0.4) is 0 Å². The molecule has 0 radical (unpaired) electrons. The van der Waals surface area contributed by atoms with Crippen LogP contribution in [0.2, 0.25) is 0 Å². The standard InChI is InChI=1S/C30H59NO6S/c1-3-5-7-9-11-13-15-17-19-21-23-25-27(28(31)32)30(29(33)34,38(35,36)37)26-24-22-20-18-16-14-12-10-8-6-4-2/h27H,3-26H2,1-2H3,(H2,31,32)(H,33,34)(H,35,36,37). The Morgan fingerprint density at radius 3 is 1.24 bits per heavy atom. The number of carboxylic acids is 1. The van der Waals surface area contributed by atoms with Gasteiger partial charge in [-0.2, -0.15) is 8.42 Å². The van der Waals surface area contributed by atoms with Crippen molar-refractivity contribution in [1.29, 1.82) is 0 Å². The van der Waals surface area contributed by atoms with Crippen molar-refractivity contribution >= 4 is 22.0 Å². The second-order valence-electron chi connectivity index (χ2n) is 11.2. The molecule has 0 heterocycles. The number of carboxylic acid groups (broad SMARTS) is 1. The van der Waals surface area contributed by atoms with Gasteiger partial charge in [0.15, 0.2) is 0 Å². The zero-order chi connectivity index (χ0) is 28.7. The minimum Gasteiger partial charge on any atom is -0.480 e. The first-order valence-electron chi connectivity index (χ1n) is 15.6. The second-order valence-corrected chi connectivity index (χ2v) is 12.9. The number of amides is 1. The SMILES string of the molecule is CCCCCCCCCCCCCC(C(N)=O)C(CCCCCCCCCCCCC)(C(=O)O)S(=O)(=O)O. The number of aliphatic carboxylic acids is 1. The topological polar surface area (TPSA) is 135 Å². The average molecular weight is 562 g/mol. The van der Waals surface area contributed by atoms with Gasteiger partial charge in [-0.1, -0.05) is 155 Å².